The average molecular weight is 266 g/mol. The van der Waals surface area contributed by atoms with Gasteiger partial charge in [0, 0.05) is 22.8 Å². The van der Waals surface area contributed by atoms with Gasteiger partial charge < -0.3 is 5.32 Å². The molecule has 1 aromatic heterocycles. The van der Waals surface area contributed by atoms with Gasteiger partial charge in [0.05, 0.1) is 5.52 Å². The fraction of sp³-hybridized carbons (Fsp3) is 0. The Morgan fingerprint density at radius 2 is 1.95 bits per heavy atom. The maximum absolute atomic E-state index is 13.1. The molecule has 0 aliphatic heterocycles. The van der Waals surface area contributed by atoms with E-state index in [1.165, 1.54) is 12.1 Å². The molecule has 4 heteroatoms. The topological polar surface area (TPSA) is 42.0 Å². The van der Waals surface area contributed by atoms with Gasteiger partial charge in [-0.15, -0.1) is 0 Å². The molecule has 0 unspecified atom stereocenters. The first-order valence-electron chi connectivity index (χ1n) is 6.14. The lowest BCUT2D eigenvalue weighted by atomic mass is 10.1. The van der Waals surface area contributed by atoms with E-state index in [0.717, 1.165) is 10.9 Å². The molecule has 3 nitrogen and oxygen atoms in total. The lowest BCUT2D eigenvalue weighted by Gasteiger charge is -2.06. The van der Waals surface area contributed by atoms with Crippen LogP contribution < -0.4 is 5.32 Å². The smallest absolute Gasteiger partial charge is 0.255 e. The molecule has 0 aliphatic carbocycles. The zero-order chi connectivity index (χ0) is 13.9. The summed E-state index contributed by atoms with van der Waals surface area (Å²) < 4.78 is 13.1. The van der Waals surface area contributed by atoms with Crippen molar-refractivity contribution in [3.8, 4) is 0 Å². The van der Waals surface area contributed by atoms with E-state index >= 15 is 0 Å². The molecule has 1 N–H and O–H groups in total. The van der Waals surface area contributed by atoms with Crippen LogP contribution in [0.5, 0.6) is 0 Å². The monoisotopic (exact) mass is 266 g/mol. The Morgan fingerprint density at radius 1 is 1.05 bits per heavy atom. The highest BCUT2D eigenvalue weighted by Gasteiger charge is 2.07. The summed E-state index contributed by atoms with van der Waals surface area (Å²) in [7, 11) is 0. The van der Waals surface area contributed by atoms with E-state index in [1.54, 1.807) is 36.5 Å². The summed E-state index contributed by atoms with van der Waals surface area (Å²) in [5, 5.41) is 3.55. The van der Waals surface area contributed by atoms with Gasteiger partial charge in [-0.05, 0) is 42.5 Å². The number of carbonyl (C=O) groups is 1. The van der Waals surface area contributed by atoms with Gasteiger partial charge in [0.15, 0.2) is 0 Å². The first kappa shape index (κ1) is 12.3. The summed E-state index contributed by atoms with van der Waals surface area (Å²) >= 11 is 0. The minimum absolute atomic E-state index is 0.277. The lowest BCUT2D eigenvalue weighted by Crippen LogP contribution is -2.11. The normalized spacial score (nSPS) is 10.4. The molecule has 0 fully saturated rings. The fourth-order valence-corrected chi connectivity index (χ4v) is 1.99. The molecular weight excluding hydrogens is 255 g/mol. The number of carbonyl (C=O) groups excluding carboxylic acids is 1. The van der Waals surface area contributed by atoms with E-state index in [-0.39, 0.29) is 11.7 Å². The van der Waals surface area contributed by atoms with Crippen LogP contribution in [0, 0.1) is 5.82 Å². The van der Waals surface area contributed by atoms with Crippen molar-refractivity contribution < 1.29 is 9.18 Å². The number of aromatic nitrogens is 1. The zero-order valence-corrected chi connectivity index (χ0v) is 10.5. The number of pyridine rings is 1. The van der Waals surface area contributed by atoms with Crippen molar-refractivity contribution in [2.24, 2.45) is 0 Å². The minimum atomic E-state index is -0.384. The first-order valence-corrected chi connectivity index (χ1v) is 6.14. The highest BCUT2D eigenvalue weighted by Crippen LogP contribution is 2.15. The third-order valence-electron chi connectivity index (χ3n) is 2.95. The van der Waals surface area contributed by atoms with Crippen molar-refractivity contribution in [2.45, 2.75) is 0 Å². The summed E-state index contributed by atoms with van der Waals surface area (Å²) in [5.41, 5.74) is 1.77. The Labute approximate surface area is 115 Å². The molecule has 0 atom stereocenters. The van der Waals surface area contributed by atoms with Gasteiger partial charge in [-0.3, -0.25) is 9.78 Å². The molecule has 3 rings (SSSR count). The summed E-state index contributed by atoms with van der Waals surface area (Å²) in [6.07, 6.45) is 1.70. The van der Waals surface area contributed by atoms with E-state index in [0.29, 0.717) is 11.3 Å². The first-order chi connectivity index (χ1) is 9.72. The number of anilines is 1. The number of fused-ring (bicyclic) bond motifs is 1. The summed E-state index contributed by atoms with van der Waals surface area (Å²) in [6, 6.07) is 14.8. The Morgan fingerprint density at radius 3 is 2.80 bits per heavy atom. The van der Waals surface area contributed by atoms with Gasteiger partial charge >= 0.3 is 0 Å². The summed E-state index contributed by atoms with van der Waals surface area (Å²) in [4.78, 5) is 16.3. The van der Waals surface area contributed by atoms with Gasteiger partial charge in [0.1, 0.15) is 5.82 Å². The van der Waals surface area contributed by atoms with Crippen LogP contribution >= 0.6 is 0 Å². The van der Waals surface area contributed by atoms with E-state index in [4.69, 9.17) is 0 Å². The summed E-state index contributed by atoms with van der Waals surface area (Å²) in [6.45, 7) is 0. The van der Waals surface area contributed by atoms with Crippen molar-refractivity contribution >= 4 is 22.5 Å². The van der Waals surface area contributed by atoms with Crippen LogP contribution in [-0.4, -0.2) is 10.9 Å². The summed E-state index contributed by atoms with van der Waals surface area (Å²) in [5.74, 6) is -0.660. The van der Waals surface area contributed by atoms with Crippen molar-refractivity contribution in [3.05, 3.63) is 72.2 Å². The second-order valence-corrected chi connectivity index (χ2v) is 4.38. The molecule has 0 bridgehead atoms. The Hall–Kier alpha value is -2.75. The van der Waals surface area contributed by atoms with Crippen molar-refractivity contribution in [1.82, 2.24) is 4.98 Å². The van der Waals surface area contributed by atoms with Gasteiger partial charge in [0.2, 0.25) is 0 Å². The standard InChI is InChI=1S/C16H11FN2O/c17-13-4-1-5-14(10-13)19-16(20)12-6-7-15-11(9-12)3-2-8-18-15/h1-10H,(H,19,20). The maximum atomic E-state index is 13.1. The average Bonchev–Trinajstić information content (AvgIpc) is 2.47. The zero-order valence-electron chi connectivity index (χ0n) is 10.5. The Balaban J connectivity index is 1.88. The SMILES string of the molecule is O=C(Nc1cccc(F)c1)c1ccc2ncccc2c1. The van der Waals surface area contributed by atoms with Crippen LogP contribution in [0.2, 0.25) is 0 Å². The number of rotatable bonds is 2. The molecule has 0 saturated carbocycles. The quantitative estimate of drug-likeness (QED) is 0.769. The third-order valence-corrected chi connectivity index (χ3v) is 2.95. The molecule has 98 valence electrons. The molecule has 20 heavy (non-hydrogen) atoms. The predicted molar refractivity (Wildman–Crippen MR) is 76.1 cm³/mol. The number of halogens is 1. The number of nitrogens with zero attached hydrogens (tertiary/aromatic N) is 1. The molecule has 0 radical (unpaired) electrons. The van der Waals surface area contributed by atoms with Crippen molar-refractivity contribution in [3.63, 3.8) is 0 Å². The molecule has 0 saturated heterocycles. The van der Waals surface area contributed by atoms with Gasteiger partial charge in [-0.2, -0.15) is 0 Å². The van der Waals surface area contributed by atoms with Gasteiger partial charge in [0.25, 0.3) is 5.91 Å². The lowest BCUT2D eigenvalue weighted by molar-refractivity contribution is 0.102. The highest BCUT2D eigenvalue weighted by molar-refractivity contribution is 6.06. The van der Waals surface area contributed by atoms with Crippen molar-refractivity contribution in [2.75, 3.05) is 5.32 Å². The van der Waals surface area contributed by atoms with Gasteiger partial charge in [-0.25, -0.2) is 4.39 Å². The predicted octanol–water partition coefficient (Wildman–Crippen LogP) is 3.63. The Kier molecular flexibility index (Phi) is 3.13. The minimum Gasteiger partial charge on any atom is -0.322 e. The number of amides is 1. The number of hydrogen-bond acceptors (Lipinski definition) is 2. The van der Waals surface area contributed by atoms with Crippen LogP contribution in [0.4, 0.5) is 10.1 Å². The molecule has 1 amide bonds. The van der Waals surface area contributed by atoms with Crippen LogP contribution in [0.1, 0.15) is 10.4 Å². The second-order valence-electron chi connectivity index (χ2n) is 4.38. The molecule has 1 heterocycles. The molecule has 0 aliphatic rings. The van der Waals surface area contributed by atoms with Crippen LogP contribution in [0.15, 0.2) is 60.8 Å². The number of benzene rings is 2. The largest absolute Gasteiger partial charge is 0.322 e. The molecule has 0 spiro atoms. The second kappa shape index (κ2) is 5.09. The highest BCUT2D eigenvalue weighted by atomic mass is 19.1. The van der Waals surface area contributed by atoms with Crippen molar-refractivity contribution in [1.29, 1.82) is 0 Å². The van der Waals surface area contributed by atoms with E-state index < -0.39 is 0 Å². The van der Waals surface area contributed by atoms with E-state index in [2.05, 4.69) is 10.3 Å². The van der Waals surface area contributed by atoms with Gasteiger partial charge in [-0.1, -0.05) is 12.1 Å². The third kappa shape index (κ3) is 2.49. The molecule has 3 aromatic rings. The number of nitrogens with one attached hydrogen (secondary N) is 1. The van der Waals surface area contributed by atoms with Crippen LogP contribution in [0.3, 0.4) is 0 Å². The van der Waals surface area contributed by atoms with E-state index in [1.807, 2.05) is 12.1 Å². The molecule has 2 aromatic carbocycles. The fourth-order valence-electron chi connectivity index (χ4n) is 1.99. The maximum Gasteiger partial charge on any atom is 0.255 e. The van der Waals surface area contributed by atoms with Crippen LogP contribution in [-0.2, 0) is 0 Å². The Bertz CT molecular complexity index is 786. The molecular formula is C16H11FN2O. The van der Waals surface area contributed by atoms with E-state index in [9.17, 15) is 9.18 Å². The number of hydrogen-bond donors (Lipinski definition) is 1. The van der Waals surface area contributed by atoms with Crippen LogP contribution in [0.25, 0.3) is 10.9 Å².